The molecule has 2 aromatic carbocycles. The van der Waals surface area contributed by atoms with Crippen molar-refractivity contribution in [2.45, 2.75) is 13.0 Å². The standard InChI is InChI=1S/C21H21N3O2/c1-3-26-21(25)20(18-14-22-24(2)15-18)23-19(16-10-6-4-7-11-16)17-12-8-5-9-13-17/h4-15,20H,3H2,1-2H3. The normalized spacial score (nSPS) is 11.6. The molecule has 0 N–H and O–H groups in total. The van der Waals surface area contributed by atoms with E-state index in [0.717, 1.165) is 16.8 Å². The zero-order valence-electron chi connectivity index (χ0n) is 14.9. The van der Waals surface area contributed by atoms with Gasteiger partial charge < -0.3 is 4.74 Å². The number of carbonyl (C=O) groups is 1. The highest BCUT2D eigenvalue weighted by Crippen LogP contribution is 2.22. The Morgan fingerprint density at radius 1 is 1.08 bits per heavy atom. The van der Waals surface area contributed by atoms with Gasteiger partial charge in [-0.05, 0) is 6.92 Å². The molecule has 5 heteroatoms. The number of benzene rings is 2. The fourth-order valence-corrected chi connectivity index (χ4v) is 2.70. The largest absolute Gasteiger partial charge is 0.464 e. The molecule has 5 nitrogen and oxygen atoms in total. The predicted octanol–water partition coefficient (Wildman–Crippen LogP) is 3.56. The summed E-state index contributed by atoms with van der Waals surface area (Å²) in [6, 6.07) is 18.9. The molecular weight excluding hydrogens is 326 g/mol. The molecule has 0 saturated carbocycles. The molecule has 0 fully saturated rings. The lowest BCUT2D eigenvalue weighted by Crippen LogP contribution is -2.17. The molecule has 3 aromatic rings. The molecule has 1 unspecified atom stereocenters. The second-order valence-electron chi connectivity index (χ2n) is 5.81. The van der Waals surface area contributed by atoms with Crippen molar-refractivity contribution in [3.8, 4) is 0 Å². The highest BCUT2D eigenvalue weighted by molar-refractivity contribution is 6.13. The maximum absolute atomic E-state index is 12.6. The van der Waals surface area contributed by atoms with Crippen molar-refractivity contribution in [1.82, 2.24) is 9.78 Å². The van der Waals surface area contributed by atoms with Crippen molar-refractivity contribution >= 4 is 11.7 Å². The number of hydrogen-bond acceptors (Lipinski definition) is 4. The van der Waals surface area contributed by atoms with Crippen LogP contribution in [0, 0.1) is 0 Å². The first kappa shape index (κ1) is 17.6. The van der Waals surface area contributed by atoms with Gasteiger partial charge in [0.1, 0.15) is 0 Å². The van der Waals surface area contributed by atoms with Gasteiger partial charge in [0.25, 0.3) is 0 Å². The van der Waals surface area contributed by atoms with Crippen LogP contribution in [0.5, 0.6) is 0 Å². The minimum Gasteiger partial charge on any atom is -0.464 e. The van der Waals surface area contributed by atoms with Crippen molar-refractivity contribution in [1.29, 1.82) is 0 Å². The summed E-state index contributed by atoms with van der Waals surface area (Å²) in [6.07, 6.45) is 3.44. The quantitative estimate of drug-likeness (QED) is 0.506. The van der Waals surface area contributed by atoms with Crippen molar-refractivity contribution in [3.63, 3.8) is 0 Å². The molecule has 1 atom stereocenters. The lowest BCUT2D eigenvalue weighted by molar-refractivity contribution is -0.144. The van der Waals surface area contributed by atoms with E-state index in [4.69, 9.17) is 9.73 Å². The molecule has 0 spiro atoms. The first-order valence-electron chi connectivity index (χ1n) is 8.53. The van der Waals surface area contributed by atoms with Crippen molar-refractivity contribution in [2.75, 3.05) is 6.61 Å². The number of carbonyl (C=O) groups excluding carboxylic acids is 1. The van der Waals surface area contributed by atoms with E-state index in [1.54, 1.807) is 24.0 Å². The van der Waals surface area contributed by atoms with E-state index < -0.39 is 6.04 Å². The molecule has 1 heterocycles. The average molecular weight is 347 g/mol. The Balaban J connectivity index is 2.12. The van der Waals surface area contributed by atoms with E-state index in [1.807, 2.05) is 67.7 Å². The lowest BCUT2D eigenvalue weighted by atomic mass is 10.0. The van der Waals surface area contributed by atoms with Crippen LogP contribution in [0.4, 0.5) is 0 Å². The van der Waals surface area contributed by atoms with Gasteiger partial charge in [-0.2, -0.15) is 5.10 Å². The molecule has 132 valence electrons. The highest BCUT2D eigenvalue weighted by Gasteiger charge is 2.24. The zero-order valence-corrected chi connectivity index (χ0v) is 14.9. The van der Waals surface area contributed by atoms with Gasteiger partial charge >= 0.3 is 5.97 Å². The number of esters is 1. The molecule has 0 saturated heterocycles. The van der Waals surface area contributed by atoms with Crippen molar-refractivity contribution < 1.29 is 9.53 Å². The number of hydrogen-bond donors (Lipinski definition) is 0. The van der Waals surface area contributed by atoms with Crippen LogP contribution in [-0.2, 0) is 16.6 Å². The fraction of sp³-hybridized carbons (Fsp3) is 0.190. The van der Waals surface area contributed by atoms with E-state index in [1.165, 1.54) is 0 Å². The molecule has 0 aliphatic heterocycles. The summed E-state index contributed by atoms with van der Waals surface area (Å²) in [5, 5.41) is 4.17. The van der Waals surface area contributed by atoms with Crippen LogP contribution in [-0.4, -0.2) is 28.1 Å². The van der Waals surface area contributed by atoms with Crippen molar-refractivity contribution in [3.05, 3.63) is 89.7 Å². The van der Waals surface area contributed by atoms with Crippen molar-refractivity contribution in [2.24, 2.45) is 12.0 Å². The Bertz CT molecular complexity index is 844. The Kier molecular flexibility index (Phi) is 5.59. The minimum atomic E-state index is -0.765. The smallest absolute Gasteiger partial charge is 0.335 e. The monoisotopic (exact) mass is 347 g/mol. The third-order valence-electron chi connectivity index (χ3n) is 3.90. The number of aromatic nitrogens is 2. The summed E-state index contributed by atoms with van der Waals surface area (Å²) in [4.78, 5) is 17.4. The number of aryl methyl sites for hydroxylation is 1. The van der Waals surface area contributed by atoms with Gasteiger partial charge in [0.15, 0.2) is 6.04 Å². The minimum absolute atomic E-state index is 0.303. The Morgan fingerprint density at radius 2 is 1.65 bits per heavy atom. The molecule has 0 radical (unpaired) electrons. The van der Waals surface area contributed by atoms with Crippen LogP contribution in [0.2, 0.25) is 0 Å². The Hall–Kier alpha value is -3.21. The van der Waals surface area contributed by atoms with Gasteiger partial charge in [-0.25, -0.2) is 4.79 Å². The molecule has 0 aliphatic carbocycles. The molecule has 26 heavy (non-hydrogen) atoms. The third-order valence-corrected chi connectivity index (χ3v) is 3.90. The molecule has 0 aliphatic rings. The number of rotatable bonds is 6. The van der Waals surface area contributed by atoms with Crippen LogP contribution in [0.3, 0.4) is 0 Å². The van der Waals surface area contributed by atoms with Crippen LogP contribution in [0.25, 0.3) is 0 Å². The molecular formula is C21H21N3O2. The van der Waals surface area contributed by atoms with Crippen LogP contribution < -0.4 is 0 Å². The second-order valence-corrected chi connectivity index (χ2v) is 5.81. The van der Waals surface area contributed by atoms with E-state index in [9.17, 15) is 4.79 Å². The number of nitrogens with zero attached hydrogens (tertiary/aromatic N) is 3. The van der Waals surface area contributed by atoms with Gasteiger partial charge in [0.05, 0.1) is 18.5 Å². The average Bonchev–Trinajstić information content (AvgIpc) is 3.10. The molecule has 1 aromatic heterocycles. The highest BCUT2D eigenvalue weighted by atomic mass is 16.5. The maximum Gasteiger partial charge on any atom is 0.335 e. The topological polar surface area (TPSA) is 56.5 Å². The van der Waals surface area contributed by atoms with E-state index in [-0.39, 0.29) is 5.97 Å². The molecule has 0 bridgehead atoms. The number of aliphatic imine (C=N–C) groups is 1. The molecule has 0 amide bonds. The second kappa shape index (κ2) is 8.25. The van der Waals surface area contributed by atoms with Gasteiger partial charge in [-0.15, -0.1) is 0 Å². The SMILES string of the molecule is CCOC(=O)C(N=C(c1ccccc1)c1ccccc1)c1cnn(C)c1. The lowest BCUT2D eigenvalue weighted by Gasteiger charge is -2.14. The van der Waals surface area contributed by atoms with Gasteiger partial charge in [0, 0.05) is 29.9 Å². The van der Waals surface area contributed by atoms with Crippen LogP contribution in [0.15, 0.2) is 78.0 Å². The maximum atomic E-state index is 12.6. The fourth-order valence-electron chi connectivity index (χ4n) is 2.70. The van der Waals surface area contributed by atoms with Gasteiger partial charge in [-0.3, -0.25) is 9.67 Å². The van der Waals surface area contributed by atoms with E-state index in [2.05, 4.69) is 5.10 Å². The Labute approximate surface area is 153 Å². The van der Waals surface area contributed by atoms with Gasteiger partial charge in [-0.1, -0.05) is 60.7 Å². The Morgan fingerprint density at radius 3 is 2.12 bits per heavy atom. The third kappa shape index (κ3) is 4.06. The number of ether oxygens (including phenoxy) is 1. The summed E-state index contributed by atoms with van der Waals surface area (Å²) in [7, 11) is 1.81. The predicted molar refractivity (Wildman–Crippen MR) is 101 cm³/mol. The van der Waals surface area contributed by atoms with Crippen LogP contribution in [0.1, 0.15) is 29.7 Å². The summed E-state index contributed by atoms with van der Waals surface area (Å²) in [6.45, 7) is 2.09. The summed E-state index contributed by atoms with van der Waals surface area (Å²) >= 11 is 0. The first-order chi connectivity index (χ1) is 12.7. The van der Waals surface area contributed by atoms with E-state index >= 15 is 0 Å². The summed E-state index contributed by atoms with van der Waals surface area (Å²) in [5.41, 5.74) is 3.33. The summed E-state index contributed by atoms with van der Waals surface area (Å²) in [5.74, 6) is -0.384. The first-order valence-corrected chi connectivity index (χ1v) is 8.53. The van der Waals surface area contributed by atoms with Crippen LogP contribution >= 0.6 is 0 Å². The summed E-state index contributed by atoms with van der Waals surface area (Å²) < 4.78 is 6.91. The van der Waals surface area contributed by atoms with E-state index in [0.29, 0.717) is 12.2 Å². The van der Waals surface area contributed by atoms with Gasteiger partial charge in [0.2, 0.25) is 0 Å². The molecule has 3 rings (SSSR count). The zero-order chi connectivity index (χ0) is 18.4.